The molecule has 0 spiro atoms. The second kappa shape index (κ2) is 8.37. The van der Waals surface area contributed by atoms with Crippen molar-refractivity contribution in [3.63, 3.8) is 0 Å². The Labute approximate surface area is 99.9 Å². The van der Waals surface area contributed by atoms with E-state index >= 15 is 0 Å². The summed E-state index contributed by atoms with van der Waals surface area (Å²) >= 11 is 5.76. The van der Waals surface area contributed by atoms with Gasteiger partial charge < -0.3 is 4.74 Å². The smallest absolute Gasteiger partial charge is 0.0600 e. The van der Waals surface area contributed by atoms with Crippen LogP contribution in [0, 0.1) is 0 Å². The number of nitrogens with zero attached hydrogens (tertiary/aromatic N) is 1. The van der Waals surface area contributed by atoms with Crippen LogP contribution in [0.5, 0.6) is 0 Å². The van der Waals surface area contributed by atoms with Gasteiger partial charge in [-0.1, -0.05) is 13.3 Å². The topological polar surface area (TPSA) is 12.5 Å². The van der Waals surface area contributed by atoms with E-state index < -0.39 is 0 Å². The van der Waals surface area contributed by atoms with Crippen molar-refractivity contribution in [2.45, 2.75) is 46.1 Å². The van der Waals surface area contributed by atoms with Crippen LogP contribution in [0.2, 0.25) is 0 Å². The highest BCUT2D eigenvalue weighted by molar-refractivity contribution is 6.18. The molecule has 3 heteroatoms. The molecule has 2 nitrogen and oxygen atoms in total. The van der Waals surface area contributed by atoms with Gasteiger partial charge in [-0.2, -0.15) is 0 Å². The van der Waals surface area contributed by atoms with Gasteiger partial charge in [0.25, 0.3) is 0 Å². The summed E-state index contributed by atoms with van der Waals surface area (Å²) in [5, 5.41) is 0. The summed E-state index contributed by atoms with van der Waals surface area (Å²) in [4.78, 5) is 2.38. The quantitative estimate of drug-likeness (QED) is 0.600. The van der Waals surface area contributed by atoms with E-state index in [4.69, 9.17) is 16.3 Å². The molecule has 0 unspecified atom stereocenters. The molecule has 15 heavy (non-hydrogen) atoms. The van der Waals surface area contributed by atoms with Gasteiger partial charge in [-0.25, -0.2) is 0 Å². The number of unbranched alkanes of at least 4 members (excludes halogenated alkanes) is 1. The van der Waals surface area contributed by atoms with Crippen molar-refractivity contribution in [2.75, 3.05) is 32.1 Å². The lowest BCUT2D eigenvalue weighted by Gasteiger charge is -2.24. The van der Waals surface area contributed by atoms with Crippen LogP contribution in [0.25, 0.3) is 0 Å². The molecule has 0 aromatic rings. The molecule has 0 aromatic carbocycles. The average Bonchev–Trinajstić information content (AvgIpc) is 2.12. The van der Waals surface area contributed by atoms with E-state index in [0.717, 1.165) is 26.2 Å². The van der Waals surface area contributed by atoms with Crippen molar-refractivity contribution in [3.05, 3.63) is 0 Å². The molecular weight excluding hydrogens is 210 g/mol. The predicted molar refractivity (Wildman–Crippen MR) is 67.8 cm³/mol. The summed E-state index contributed by atoms with van der Waals surface area (Å²) in [6.45, 7) is 12.4. The average molecular weight is 236 g/mol. The van der Waals surface area contributed by atoms with E-state index in [1.807, 2.05) is 0 Å². The molecule has 0 atom stereocenters. The van der Waals surface area contributed by atoms with Gasteiger partial charge in [-0.15, -0.1) is 11.6 Å². The third kappa shape index (κ3) is 10.5. The van der Waals surface area contributed by atoms with Crippen molar-refractivity contribution in [1.29, 1.82) is 0 Å². The normalized spacial score (nSPS) is 12.4. The zero-order chi connectivity index (χ0) is 11.7. The minimum absolute atomic E-state index is 0.0304. The van der Waals surface area contributed by atoms with Crippen LogP contribution in [-0.2, 0) is 4.74 Å². The fraction of sp³-hybridized carbons (Fsp3) is 1.00. The summed E-state index contributed by atoms with van der Waals surface area (Å²) in [7, 11) is 0. The van der Waals surface area contributed by atoms with Crippen LogP contribution in [0.4, 0.5) is 0 Å². The Balaban J connectivity index is 3.65. The van der Waals surface area contributed by atoms with Gasteiger partial charge in [0.15, 0.2) is 0 Å². The van der Waals surface area contributed by atoms with Gasteiger partial charge in [0.1, 0.15) is 0 Å². The zero-order valence-corrected chi connectivity index (χ0v) is 11.4. The Morgan fingerprint density at radius 3 is 2.27 bits per heavy atom. The minimum Gasteiger partial charge on any atom is -0.375 e. The second-order valence-electron chi connectivity index (χ2n) is 4.85. The van der Waals surface area contributed by atoms with Crippen LogP contribution < -0.4 is 0 Å². The summed E-state index contributed by atoms with van der Waals surface area (Å²) in [6.07, 6.45) is 2.48. The lowest BCUT2D eigenvalue weighted by molar-refractivity contribution is -0.0126. The molecule has 0 aliphatic rings. The molecule has 0 aromatic heterocycles. The van der Waals surface area contributed by atoms with Crippen molar-refractivity contribution < 1.29 is 4.74 Å². The van der Waals surface area contributed by atoms with E-state index in [2.05, 4.69) is 32.6 Å². The minimum atomic E-state index is -0.0304. The molecule has 0 aliphatic heterocycles. The van der Waals surface area contributed by atoms with Crippen molar-refractivity contribution >= 4 is 11.6 Å². The number of ether oxygens (including phenoxy) is 1. The zero-order valence-electron chi connectivity index (χ0n) is 10.7. The molecule has 0 saturated heterocycles. The number of halogens is 1. The van der Waals surface area contributed by atoms with E-state index in [1.165, 1.54) is 12.8 Å². The van der Waals surface area contributed by atoms with Crippen LogP contribution in [0.15, 0.2) is 0 Å². The van der Waals surface area contributed by atoms with Gasteiger partial charge in [0.05, 0.1) is 12.2 Å². The Morgan fingerprint density at radius 2 is 1.80 bits per heavy atom. The highest BCUT2D eigenvalue weighted by Gasteiger charge is 2.11. The molecule has 0 bridgehead atoms. The molecular formula is C12H26ClNO. The summed E-state index contributed by atoms with van der Waals surface area (Å²) in [5.41, 5.74) is -0.0304. The molecule has 0 fully saturated rings. The maximum Gasteiger partial charge on any atom is 0.0600 e. The maximum absolute atomic E-state index is 5.76. The SMILES string of the molecule is CCCCN(CCCl)CCOC(C)(C)C. The van der Waals surface area contributed by atoms with E-state index in [9.17, 15) is 0 Å². The van der Waals surface area contributed by atoms with E-state index in [0.29, 0.717) is 5.88 Å². The first-order valence-electron chi connectivity index (χ1n) is 5.92. The largest absolute Gasteiger partial charge is 0.375 e. The monoisotopic (exact) mass is 235 g/mol. The molecule has 0 aliphatic carbocycles. The molecule has 0 saturated carbocycles. The number of alkyl halides is 1. The van der Waals surface area contributed by atoms with Gasteiger partial charge in [0.2, 0.25) is 0 Å². The van der Waals surface area contributed by atoms with Crippen LogP contribution in [0.3, 0.4) is 0 Å². The fourth-order valence-electron chi connectivity index (χ4n) is 1.32. The maximum atomic E-state index is 5.76. The molecule has 0 radical (unpaired) electrons. The van der Waals surface area contributed by atoms with Crippen molar-refractivity contribution in [1.82, 2.24) is 4.90 Å². The van der Waals surface area contributed by atoms with E-state index in [-0.39, 0.29) is 5.60 Å². The fourth-order valence-corrected chi connectivity index (χ4v) is 1.56. The lowest BCUT2D eigenvalue weighted by Crippen LogP contribution is -2.33. The second-order valence-corrected chi connectivity index (χ2v) is 5.22. The van der Waals surface area contributed by atoms with Gasteiger partial charge in [-0.3, -0.25) is 4.90 Å². The number of hydrogen-bond donors (Lipinski definition) is 0. The number of hydrogen-bond acceptors (Lipinski definition) is 2. The Kier molecular flexibility index (Phi) is 8.49. The van der Waals surface area contributed by atoms with Gasteiger partial charge in [-0.05, 0) is 33.7 Å². The molecule has 0 rings (SSSR count). The van der Waals surface area contributed by atoms with Crippen molar-refractivity contribution in [3.8, 4) is 0 Å². The number of rotatable bonds is 8. The molecule has 0 N–H and O–H groups in total. The Morgan fingerprint density at radius 1 is 1.13 bits per heavy atom. The Bertz CT molecular complexity index is 145. The van der Waals surface area contributed by atoms with Crippen LogP contribution in [-0.4, -0.2) is 42.6 Å². The Hall–Kier alpha value is 0.210. The third-order valence-corrected chi connectivity index (χ3v) is 2.34. The van der Waals surface area contributed by atoms with Gasteiger partial charge in [0, 0.05) is 19.0 Å². The van der Waals surface area contributed by atoms with E-state index in [1.54, 1.807) is 0 Å². The summed E-state index contributed by atoms with van der Waals surface area (Å²) in [5.74, 6) is 0.708. The summed E-state index contributed by atoms with van der Waals surface area (Å²) < 4.78 is 5.70. The predicted octanol–water partition coefficient (Wildman–Crippen LogP) is 3.14. The lowest BCUT2D eigenvalue weighted by atomic mass is 10.2. The van der Waals surface area contributed by atoms with Crippen LogP contribution >= 0.6 is 11.6 Å². The standard InChI is InChI=1S/C12H26ClNO/c1-5-6-8-14(9-7-13)10-11-15-12(2,3)4/h5-11H2,1-4H3. The third-order valence-electron chi connectivity index (χ3n) is 2.17. The highest BCUT2D eigenvalue weighted by Crippen LogP contribution is 2.06. The molecule has 0 amide bonds. The first-order valence-corrected chi connectivity index (χ1v) is 6.45. The summed E-state index contributed by atoms with van der Waals surface area (Å²) in [6, 6.07) is 0. The first kappa shape index (κ1) is 15.2. The first-order chi connectivity index (χ1) is 6.99. The van der Waals surface area contributed by atoms with Gasteiger partial charge >= 0.3 is 0 Å². The van der Waals surface area contributed by atoms with Crippen molar-refractivity contribution in [2.24, 2.45) is 0 Å². The van der Waals surface area contributed by atoms with Crippen LogP contribution in [0.1, 0.15) is 40.5 Å². The molecule has 92 valence electrons. The molecule has 0 heterocycles. The highest BCUT2D eigenvalue weighted by atomic mass is 35.5.